The van der Waals surface area contributed by atoms with Crippen LogP contribution in [0.25, 0.3) is 17.1 Å². The number of carbonyl (C=O) groups is 1. The summed E-state index contributed by atoms with van der Waals surface area (Å²) in [6.07, 6.45) is 6.90. The Kier molecular flexibility index (Phi) is 4.59. The molecule has 0 saturated carbocycles. The Morgan fingerprint density at radius 1 is 1.13 bits per heavy atom. The van der Waals surface area contributed by atoms with E-state index in [2.05, 4.69) is 15.5 Å². The minimum atomic E-state index is -0.197. The molecular weight excluding hydrogens is 288 g/mol. The van der Waals surface area contributed by atoms with Gasteiger partial charge in [0.05, 0.1) is 17.4 Å². The lowest BCUT2D eigenvalue weighted by molar-refractivity contribution is -0.121. The molecule has 0 atom stereocenters. The number of carbonyl (C=O) groups excluding carboxylic acids is 1. The molecule has 114 valence electrons. The highest BCUT2D eigenvalue weighted by Gasteiger charge is 2.05. The molecule has 0 saturated heterocycles. The fraction of sp³-hybridized carbons (Fsp3) is 0.0556. The molecule has 1 aromatic heterocycles. The van der Waals surface area contributed by atoms with Gasteiger partial charge in [-0.1, -0.05) is 48.5 Å². The van der Waals surface area contributed by atoms with Crippen LogP contribution in [0.15, 0.2) is 72.1 Å². The molecule has 3 rings (SSSR count). The highest BCUT2D eigenvalue weighted by Crippen LogP contribution is 2.11. The number of hydrazone groups is 1. The minimum Gasteiger partial charge on any atom is -0.321 e. The molecule has 23 heavy (non-hydrogen) atoms. The zero-order valence-electron chi connectivity index (χ0n) is 12.5. The minimum absolute atomic E-state index is 0.181. The van der Waals surface area contributed by atoms with Crippen LogP contribution >= 0.6 is 0 Å². The van der Waals surface area contributed by atoms with E-state index < -0.39 is 0 Å². The number of hydrogen-bond acceptors (Lipinski definition) is 3. The van der Waals surface area contributed by atoms with Crippen molar-refractivity contribution in [2.24, 2.45) is 5.10 Å². The molecule has 0 radical (unpaired) electrons. The van der Waals surface area contributed by atoms with Crippen LogP contribution < -0.4 is 5.43 Å². The van der Waals surface area contributed by atoms with Gasteiger partial charge in [0, 0.05) is 6.21 Å². The average Bonchev–Trinajstić information content (AvgIpc) is 2.99. The maximum absolute atomic E-state index is 11.9. The summed E-state index contributed by atoms with van der Waals surface area (Å²) in [5.41, 5.74) is 5.38. The molecule has 0 spiro atoms. The third kappa shape index (κ3) is 3.91. The Labute approximate surface area is 134 Å². The van der Waals surface area contributed by atoms with Gasteiger partial charge >= 0.3 is 0 Å². The highest BCUT2D eigenvalue weighted by molar-refractivity contribution is 5.82. The molecule has 2 aromatic carbocycles. The maximum atomic E-state index is 11.9. The Morgan fingerprint density at radius 2 is 1.91 bits per heavy atom. The van der Waals surface area contributed by atoms with Crippen molar-refractivity contribution in [3.8, 4) is 0 Å². The predicted molar refractivity (Wildman–Crippen MR) is 91.8 cm³/mol. The van der Waals surface area contributed by atoms with Crippen LogP contribution in [-0.4, -0.2) is 21.7 Å². The standard InChI is InChI=1S/C18H16N4O/c23-18(13-22-14-19-16-10-4-5-11-17(16)22)21-20-12-6-9-15-7-2-1-3-8-15/h1-12,14H,13H2,(H,21,23)/b9-6+,20-12-. The molecule has 0 aliphatic carbocycles. The number of para-hydroxylation sites is 2. The SMILES string of the molecule is O=C(Cn1cnc2ccccc21)N/N=C\C=C\c1ccccc1. The van der Waals surface area contributed by atoms with Crippen LogP contribution in [0.1, 0.15) is 5.56 Å². The van der Waals surface area contributed by atoms with Crippen LogP contribution in [-0.2, 0) is 11.3 Å². The van der Waals surface area contributed by atoms with Gasteiger partial charge in [0.1, 0.15) is 6.54 Å². The lowest BCUT2D eigenvalue weighted by Crippen LogP contribution is -2.22. The van der Waals surface area contributed by atoms with Gasteiger partial charge in [-0.05, 0) is 23.8 Å². The van der Waals surface area contributed by atoms with Crippen molar-refractivity contribution >= 4 is 29.2 Å². The molecule has 0 aliphatic heterocycles. The number of imidazole rings is 1. The van der Waals surface area contributed by atoms with Crippen LogP contribution in [0.4, 0.5) is 0 Å². The lowest BCUT2D eigenvalue weighted by Gasteiger charge is -2.02. The lowest BCUT2D eigenvalue weighted by atomic mass is 10.2. The molecule has 0 aliphatic rings. The summed E-state index contributed by atoms with van der Waals surface area (Å²) in [5.74, 6) is -0.197. The molecule has 0 bridgehead atoms. The molecule has 5 heteroatoms. The van der Waals surface area contributed by atoms with E-state index in [1.807, 2.05) is 60.7 Å². The Balaban J connectivity index is 1.53. The number of nitrogens with zero attached hydrogens (tertiary/aromatic N) is 3. The smallest absolute Gasteiger partial charge is 0.260 e. The summed E-state index contributed by atoms with van der Waals surface area (Å²) in [7, 11) is 0. The van der Waals surface area contributed by atoms with Crippen LogP contribution in [0, 0.1) is 0 Å². The van der Waals surface area contributed by atoms with Crippen molar-refractivity contribution < 1.29 is 4.79 Å². The number of hydrogen-bond donors (Lipinski definition) is 1. The summed E-state index contributed by atoms with van der Waals surface area (Å²) < 4.78 is 1.79. The first-order chi connectivity index (χ1) is 11.3. The zero-order chi connectivity index (χ0) is 15.9. The number of aromatic nitrogens is 2. The van der Waals surface area contributed by atoms with Gasteiger partial charge in [-0.15, -0.1) is 0 Å². The van der Waals surface area contributed by atoms with Gasteiger partial charge in [-0.25, -0.2) is 10.4 Å². The summed E-state index contributed by atoms with van der Waals surface area (Å²) in [6, 6.07) is 17.6. The van der Waals surface area contributed by atoms with Gasteiger partial charge in [-0.2, -0.15) is 5.10 Å². The molecular formula is C18H16N4O. The maximum Gasteiger partial charge on any atom is 0.260 e. The molecule has 0 fully saturated rings. The fourth-order valence-corrected chi connectivity index (χ4v) is 2.20. The van der Waals surface area contributed by atoms with E-state index in [9.17, 15) is 4.79 Å². The molecule has 1 heterocycles. The van der Waals surface area contributed by atoms with Crippen molar-refractivity contribution in [3.05, 3.63) is 72.6 Å². The van der Waals surface area contributed by atoms with E-state index in [4.69, 9.17) is 0 Å². The number of amides is 1. The molecule has 3 aromatic rings. The van der Waals surface area contributed by atoms with Crippen molar-refractivity contribution in [2.75, 3.05) is 0 Å². The summed E-state index contributed by atoms with van der Waals surface area (Å²) in [4.78, 5) is 16.1. The summed E-state index contributed by atoms with van der Waals surface area (Å²) >= 11 is 0. The van der Waals surface area contributed by atoms with E-state index in [-0.39, 0.29) is 12.5 Å². The Morgan fingerprint density at radius 3 is 2.78 bits per heavy atom. The first kappa shape index (κ1) is 14.7. The number of allylic oxidation sites excluding steroid dienone is 1. The highest BCUT2D eigenvalue weighted by atomic mass is 16.2. The molecule has 0 unspecified atom stereocenters. The number of rotatable bonds is 5. The first-order valence-corrected chi connectivity index (χ1v) is 7.26. The van der Waals surface area contributed by atoms with Crippen molar-refractivity contribution in [2.45, 2.75) is 6.54 Å². The normalized spacial score (nSPS) is 11.5. The Hall–Kier alpha value is -3.21. The van der Waals surface area contributed by atoms with E-state index in [1.54, 1.807) is 23.2 Å². The monoisotopic (exact) mass is 304 g/mol. The molecule has 1 N–H and O–H groups in total. The second kappa shape index (κ2) is 7.17. The van der Waals surface area contributed by atoms with Gasteiger partial charge < -0.3 is 4.57 Å². The fourth-order valence-electron chi connectivity index (χ4n) is 2.20. The van der Waals surface area contributed by atoms with E-state index in [0.29, 0.717) is 0 Å². The van der Waals surface area contributed by atoms with Crippen molar-refractivity contribution in [3.63, 3.8) is 0 Å². The zero-order valence-corrected chi connectivity index (χ0v) is 12.5. The number of benzene rings is 2. The summed E-state index contributed by atoms with van der Waals surface area (Å²) in [6.45, 7) is 0.181. The van der Waals surface area contributed by atoms with E-state index >= 15 is 0 Å². The second-order valence-electron chi connectivity index (χ2n) is 4.94. The number of nitrogens with one attached hydrogen (secondary N) is 1. The Bertz CT molecular complexity index is 850. The van der Waals surface area contributed by atoms with E-state index in [0.717, 1.165) is 16.6 Å². The second-order valence-corrected chi connectivity index (χ2v) is 4.94. The van der Waals surface area contributed by atoms with Gasteiger partial charge in [0.15, 0.2) is 0 Å². The molecule has 1 amide bonds. The quantitative estimate of drug-likeness (QED) is 0.582. The topological polar surface area (TPSA) is 59.3 Å². The van der Waals surface area contributed by atoms with Crippen molar-refractivity contribution in [1.29, 1.82) is 0 Å². The van der Waals surface area contributed by atoms with Crippen LogP contribution in [0.2, 0.25) is 0 Å². The number of fused-ring (bicyclic) bond motifs is 1. The predicted octanol–water partition coefficient (Wildman–Crippen LogP) is 2.85. The van der Waals surface area contributed by atoms with Gasteiger partial charge in [-0.3, -0.25) is 4.79 Å². The van der Waals surface area contributed by atoms with Gasteiger partial charge in [0.25, 0.3) is 5.91 Å². The third-order valence-electron chi connectivity index (χ3n) is 3.28. The largest absolute Gasteiger partial charge is 0.321 e. The van der Waals surface area contributed by atoms with Crippen LogP contribution in [0.3, 0.4) is 0 Å². The third-order valence-corrected chi connectivity index (χ3v) is 3.28. The summed E-state index contributed by atoms with van der Waals surface area (Å²) in [5, 5.41) is 3.90. The van der Waals surface area contributed by atoms with E-state index in [1.165, 1.54) is 0 Å². The first-order valence-electron chi connectivity index (χ1n) is 7.26. The molecule has 5 nitrogen and oxygen atoms in total. The van der Waals surface area contributed by atoms with Crippen molar-refractivity contribution in [1.82, 2.24) is 15.0 Å². The van der Waals surface area contributed by atoms with Crippen LogP contribution in [0.5, 0.6) is 0 Å². The average molecular weight is 304 g/mol. The van der Waals surface area contributed by atoms with Gasteiger partial charge in [0.2, 0.25) is 0 Å².